The predicted octanol–water partition coefficient (Wildman–Crippen LogP) is 4.95. The highest BCUT2D eigenvalue weighted by atomic mass is 32.2. The molecule has 138 valence electrons. The van der Waals surface area contributed by atoms with Crippen LogP contribution in [0.1, 0.15) is 12.5 Å². The van der Waals surface area contributed by atoms with Gasteiger partial charge in [-0.3, -0.25) is 4.79 Å². The molecule has 0 spiro atoms. The van der Waals surface area contributed by atoms with Crippen molar-refractivity contribution >= 4 is 34.3 Å². The number of ether oxygens (including phenoxy) is 1. The number of hydrogen-bond acceptors (Lipinski definition) is 4. The van der Waals surface area contributed by atoms with Crippen molar-refractivity contribution in [2.24, 2.45) is 5.11 Å². The number of rotatable bonds is 7. The van der Waals surface area contributed by atoms with Crippen molar-refractivity contribution in [3.8, 4) is 5.75 Å². The van der Waals surface area contributed by atoms with Crippen LogP contribution in [0.3, 0.4) is 0 Å². The molecular formula is C19H19N5O2S. The van der Waals surface area contributed by atoms with Gasteiger partial charge in [0.2, 0.25) is 5.91 Å². The van der Waals surface area contributed by atoms with Crippen molar-refractivity contribution < 1.29 is 9.53 Å². The van der Waals surface area contributed by atoms with Crippen molar-refractivity contribution in [1.29, 1.82) is 0 Å². The summed E-state index contributed by atoms with van der Waals surface area (Å²) in [5.74, 6) is 0.743. The highest BCUT2D eigenvalue weighted by molar-refractivity contribution is 7.99. The summed E-state index contributed by atoms with van der Waals surface area (Å²) in [4.78, 5) is 18.5. The second kappa shape index (κ2) is 8.53. The molecule has 3 rings (SSSR count). The molecule has 0 aliphatic heterocycles. The molecular weight excluding hydrogens is 362 g/mol. The number of benzene rings is 2. The molecule has 0 unspecified atom stereocenters. The molecule has 0 aliphatic carbocycles. The molecule has 0 fully saturated rings. The lowest BCUT2D eigenvalue weighted by atomic mass is 10.1. The summed E-state index contributed by atoms with van der Waals surface area (Å²) in [6.07, 6.45) is 0.700. The molecule has 2 aromatic carbocycles. The number of H-pyrrole nitrogens is 1. The van der Waals surface area contributed by atoms with E-state index in [1.54, 1.807) is 31.0 Å². The Morgan fingerprint density at radius 1 is 1.30 bits per heavy atom. The Labute approximate surface area is 160 Å². The molecule has 0 aliphatic rings. The maximum absolute atomic E-state index is 11.2. The summed E-state index contributed by atoms with van der Waals surface area (Å²) in [5, 5.41) is 8.53. The minimum atomic E-state index is -0.0461. The van der Waals surface area contributed by atoms with Gasteiger partial charge in [0.05, 0.1) is 12.1 Å². The van der Waals surface area contributed by atoms with Crippen LogP contribution in [0.5, 0.6) is 5.75 Å². The van der Waals surface area contributed by atoms with Gasteiger partial charge in [-0.1, -0.05) is 29.0 Å². The lowest BCUT2D eigenvalue weighted by Gasteiger charge is -2.06. The fraction of sp³-hybridized carbons (Fsp3) is 0.211. The van der Waals surface area contributed by atoms with Gasteiger partial charge in [0.1, 0.15) is 5.75 Å². The number of nitrogens with one attached hydrogen (secondary N) is 2. The van der Waals surface area contributed by atoms with E-state index in [0.29, 0.717) is 18.7 Å². The SMILES string of the molecule is COc1ccc2[nH]c(Sc3ccc(N=[N+]=[N-])cc3)c(CCNC(C)=O)c2c1. The monoisotopic (exact) mass is 381 g/mol. The molecule has 1 heterocycles. The van der Waals surface area contributed by atoms with Gasteiger partial charge in [-0.15, -0.1) is 0 Å². The van der Waals surface area contributed by atoms with Gasteiger partial charge in [0.25, 0.3) is 0 Å². The molecule has 0 atom stereocenters. The average molecular weight is 381 g/mol. The fourth-order valence-electron chi connectivity index (χ4n) is 2.78. The zero-order chi connectivity index (χ0) is 19.2. The minimum Gasteiger partial charge on any atom is -0.497 e. The zero-order valence-electron chi connectivity index (χ0n) is 15.0. The first-order chi connectivity index (χ1) is 13.1. The Bertz CT molecular complexity index is 1010. The molecule has 0 radical (unpaired) electrons. The van der Waals surface area contributed by atoms with Crippen LogP contribution < -0.4 is 10.1 Å². The van der Waals surface area contributed by atoms with Gasteiger partial charge in [0, 0.05) is 39.9 Å². The molecule has 2 N–H and O–H groups in total. The molecule has 1 amide bonds. The zero-order valence-corrected chi connectivity index (χ0v) is 15.8. The maximum atomic E-state index is 11.2. The van der Waals surface area contributed by atoms with Crippen LogP contribution in [0.15, 0.2) is 57.5 Å². The van der Waals surface area contributed by atoms with Crippen LogP contribution in [0.25, 0.3) is 21.3 Å². The van der Waals surface area contributed by atoms with Gasteiger partial charge in [-0.25, -0.2) is 0 Å². The third kappa shape index (κ3) is 4.55. The Morgan fingerprint density at radius 3 is 2.74 bits per heavy atom. The molecule has 1 aromatic heterocycles. The molecule has 0 saturated heterocycles. The highest BCUT2D eigenvalue weighted by Gasteiger charge is 2.14. The van der Waals surface area contributed by atoms with Crippen LogP contribution in [0, 0.1) is 0 Å². The van der Waals surface area contributed by atoms with E-state index >= 15 is 0 Å². The number of aromatic nitrogens is 1. The Kier molecular flexibility index (Phi) is 5.90. The third-order valence-corrected chi connectivity index (χ3v) is 5.10. The first-order valence-corrected chi connectivity index (χ1v) is 9.18. The van der Waals surface area contributed by atoms with Gasteiger partial charge < -0.3 is 15.0 Å². The molecule has 0 saturated carbocycles. The number of methoxy groups -OCH3 is 1. The standard InChI is InChI=1S/C19H19N5O2S/c1-12(25)21-10-9-16-17-11-14(26-2)5-8-18(17)22-19(16)27-15-6-3-13(4-7-15)23-24-20/h3-8,11,22H,9-10H2,1-2H3,(H,21,25). The van der Waals surface area contributed by atoms with E-state index in [2.05, 4.69) is 20.3 Å². The van der Waals surface area contributed by atoms with Crippen molar-refractivity contribution in [2.45, 2.75) is 23.3 Å². The topological polar surface area (TPSA) is 103 Å². The summed E-state index contributed by atoms with van der Waals surface area (Å²) >= 11 is 1.60. The summed E-state index contributed by atoms with van der Waals surface area (Å²) in [6, 6.07) is 13.3. The summed E-state index contributed by atoms with van der Waals surface area (Å²) in [7, 11) is 1.64. The lowest BCUT2D eigenvalue weighted by molar-refractivity contribution is -0.118. The van der Waals surface area contributed by atoms with Crippen LogP contribution in [0.4, 0.5) is 5.69 Å². The summed E-state index contributed by atoms with van der Waals surface area (Å²) in [6.45, 7) is 2.07. The predicted molar refractivity (Wildman–Crippen MR) is 107 cm³/mol. The van der Waals surface area contributed by atoms with Crippen LogP contribution >= 0.6 is 11.8 Å². The highest BCUT2D eigenvalue weighted by Crippen LogP contribution is 2.36. The third-order valence-electron chi connectivity index (χ3n) is 4.04. The molecule has 8 heteroatoms. The Hall–Kier alpha value is -3.09. The first kappa shape index (κ1) is 18.7. The second-order valence-corrected chi connectivity index (χ2v) is 6.95. The quantitative estimate of drug-likeness (QED) is 0.344. The van der Waals surface area contributed by atoms with Crippen molar-refractivity contribution in [3.63, 3.8) is 0 Å². The normalized spacial score (nSPS) is 10.4. The van der Waals surface area contributed by atoms with E-state index in [1.807, 2.05) is 30.3 Å². The number of fused-ring (bicyclic) bond motifs is 1. The van der Waals surface area contributed by atoms with Crippen molar-refractivity contribution in [3.05, 3.63) is 58.5 Å². The number of hydrogen-bond donors (Lipinski definition) is 2. The van der Waals surface area contributed by atoms with Crippen LogP contribution in [-0.2, 0) is 11.2 Å². The summed E-state index contributed by atoms with van der Waals surface area (Å²) in [5.41, 5.74) is 11.2. The first-order valence-electron chi connectivity index (χ1n) is 8.36. The average Bonchev–Trinajstić information content (AvgIpc) is 2.99. The smallest absolute Gasteiger partial charge is 0.216 e. The van der Waals surface area contributed by atoms with Crippen molar-refractivity contribution in [2.75, 3.05) is 13.7 Å². The Morgan fingerprint density at radius 2 is 2.07 bits per heavy atom. The van der Waals surface area contributed by atoms with E-state index in [-0.39, 0.29) is 5.91 Å². The van der Waals surface area contributed by atoms with E-state index in [4.69, 9.17) is 10.3 Å². The van der Waals surface area contributed by atoms with Crippen molar-refractivity contribution in [1.82, 2.24) is 10.3 Å². The minimum absolute atomic E-state index is 0.0461. The van der Waals surface area contributed by atoms with Gasteiger partial charge in [-0.2, -0.15) is 0 Å². The van der Waals surface area contributed by atoms with E-state index < -0.39 is 0 Å². The van der Waals surface area contributed by atoms with E-state index in [1.165, 1.54) is 6.92 Å². The van der Waals surface area contributed by atoms with E-state index in [0.717, 1.165) is 32.1 Å². The molecule has 0 bridgehead atoms. The number of carbonyl (C=O) groups excluding carboxylic acids is 1. The fourth-order valence-corrected chi connectivity index (χ4v) is 3.78. The number of nitrogens with zero attached hydrogens (tertiary/aromatic N) is 3. The molecule has 27 heavy (non-hydrogen) atoms. The number of amides is 1. The second-order valence-electron chi connectivity index (χ2n) is 5.86. The van der Waals surface area contributed by atoms with Gasteiger partial charge in [0.15, 0.2) is 0 Å². The van der Waals surface area contributed by atoms with Gasteiger partial charge >= 0.3 is 0 Å². The number of azide groups is 1. The maximum Gasteiger partial charge on any atom is 0.216 e. The Balaban J connectivity index is 1.94. The lowest BCUT2D eigenvalue weighted by Crippen LogP contribution is -2.22. The number of aromatic amines is 1. The summed E-state index contributed by atoms with van der Waals surface area (Å²) < 4.78 is 5.35. The van der Waals surface area contributed by atoms with Crippen LogP contribution in [0.2, 0.25) is 0 Å². The van der Waals surface area contributed by atoms with Crippen LogP contribution in [-0.4, -0.2) is 24.5 Å². The largest absolute Gasteiger partial charge is 0.497 e. The molecule has 7 nitrogen and oxygen atoms in total. The number of carbonyl (C=O) groups is 1. The van der Waals surface area contributed by atoms with Gasteiger partial charge in [-0.05, 0) is 47.8 Å². The van der Waals surface area contributed by atoms with E-state index in [9.17, 15) is 4.79 Å². The molecule has 3 aromatic rings.